The Kier molecular flexibility index (Phi) is 6.44. The van der Waals surface area contributed by atoms with E-state index in [1.165, 1.54) is 52.8 Å². The molecule has 1 fully saturated rings. The molecule has 0 saturated carbocycles. The fourth-order valence-electron chi connectivity index (χ4n) is 3.70. The summed E-state index contributed by atoms with van der Waals surface area (Å²) in [5.41, 5.74) is 1.34. The molecule has 1 aliphatic rings. The molecule has 3 aromatic rings. The van der Waals surface area contributed by atoms with E-state index in [-0.39, 0.29) is 0 Å². The summed E-state index contributed by atoms with van der Waals surface area (Å²) in [6, 6.07) is 7.99. The highest BCUT2D eigenvalue weighted by Crippen LogP contribution is 2.36. The summed E-state index contributed by atoms with van der Waals surface area (Å²) in [5, 5.41) is 2.04. The summed E-state index contributed by atoms with van der Waals surface area (Å²) in [7, 11) is 0. The molecule has 148 valence electrons. The van der Waals surface area contributed by atoms with Crippen molar-refractivity contribution in [1.82, 2.24) is 9.97 Å². The Morgan fingerprint density at radius 1 is 1.00 bits per heavy atom. The first-order valence-corrected chi connectivity index (χ1v) is 12.2. The van der Waals surface area contributed by atoms with E-state index in [0.29, 0.717) is 0 Å². The van der Waals surface area contributed by atoms with Gasteiger partial charge in [0.1, 0.15) is 16.5 Å². The number of anilines is 1. The average molecular weight is 432 g/mol. The van der Waals surface area contributed by atoms with Crippen LogP contribution in [0.25, 0.3) is 10.2 Å². The van der Waals surface area contributed by atoms with Crippen molar-refractivity contribution in [2.24, 2.45) is 0 Å². The topological polar surface area (TPSA) is 29.0 Å². The van der Waals surface area contributed by atoms with Crippen molar-refractivity contribution in [3.8, 4) is 0 Å². The summed E-state index contributed by atoms with van der Waals surface area (Å²) < 4.78 is 0. The van der Waals surface area contributed by atoms with Gasteiger partial charge in [-0.3, -0.25) is 0 Å². The minimum absolute atomic E-state index is 0.769. The quantitative estimate of drug-likeness (QED) is 0.415. The van der Waals surface area contributed by atoms with E-state index in [0.717, 1.165) is 40.3 Å². The highest BCUT2D eigenvalue weighted by atomic mass is 35.5. The van der Waals surface area contributed by atoms with Crippen molar-refractivity contribution in [2.45, 2.75) is 56.6 Å². The van der Waals surface area contributed by atoms with E-state index >= 15 is 0 Å². The van der Waals surface area contributed by atoms with Gasteiger partial charge >= 0.3 is 0 Å². The van der Waals surface area contributed by atoms with Gasteiger partial charge in [-0.25, -0.2) is 9.97 Å². The van der Waals surface area contributed by atoms with Crippen LogP contribution in [0.1, 0.15) is 48.4 Å². The van der Waals surface area contributed by atoms with Gasteiger partial charge in [-0.05, 0) is 56.5 Å². The normalized spacial score (nSPS) is 15.6. The van der Waals surface area contributed by atoms with Crippen LogP contribution in [0.15, 0.2) is 29.2 Å². The van der Waals surface area contributed by atoms with E-state index < -0.39 is 0 Å². The molecular formula is C22H26ClN3S2. The molecule has 0 unspecified atom stereocenters. The summed E-state index contributed by atoms with van der Waals surface area (Å²) in [6.07, 6.45) is 6.52. The molecule has 6 heteroatoms. The number of rotatable bonds is 4. The molecule has 0 N–H and O–H groups in total. The number of aryl methyl sites for hydroxylation is 2. The predicted octanol–water partition coefficient (Wildman–Crippen LogP) is 7.02. The number of fused-ring (bicyclic) bond motifs is 1. The number of hydrogen-bond acceptors (Lipinski definition) is 5. The third-order valence-electron chi connectivity index (χ3n) is 5.39. The number of hydrogen-bond donors (Lipinski definition) is 0. The smallest absolute Gasteiger partial charge is 0.142 e. The van der Waals surface area contributed by atoms with Crippen LogP contribution in [0.2, 0.25) is 5.02 Å². The van der Waals surface area contributed by atoms with Crippen molar-refractivity contribution < 1.29 is 0 Å². The second kappa shape index (κ2) is 9.02. The number of aromatic nitrogens is 2. The summed E-state index contributed by atoms with van der Waals surface area (Å²) in [6.45, 7) is 6.61. The Balaban J connectivity index is 1.66. The lowest BCUT2D eigenvalue weighted by molar-refractivity contribution is 0.554. The predicted molar refractivity (Wildman–Crippen MR) is 123 cm³/mol. The molecule has 0 radical (unpaired) electrons. The standard InChI is InChI=1S/C22H26ClN3S2/c1-15-16(2)28-22-20(15)21(26-12-6-4-3-5-7-13-26)24-19(25-22)14-27-18-10-8-17(23)9-11-18/h8-11H,3-7,12-14H2,1-2H3. The first-order valence-electron chi connectivity index (χ1n) is 10.0. The van der Waals surface area contributed by atoms with E-state index in [2.05, 4.69) is 30.9 Å². The van der Waals surface area contributed by atoms with Crippen LogP contribution in [0.4, 0.5) is 5.82 Å². The van der Waals surface area contributed by atoms with Gasteiger partial charge in [0.15, 0.2) is 0 Å². The van der Waals surface area contributed by atoms with Crippen LogP contribution in [-0.4, -0.2) is 23.1 Å². The van der Waals surface area contributed by atoms with Gasteiger partial charge in [0, 0.05) is 27.9 Å². The molecule has 1 aliphatic heterocycles. The van der Waals surface area contributed by atoms with Crippen molar-refractivity contribution in [3.05, 3.63) is 45.6 Å². The third kappa shape index (κ3) is 4.47. The maximum atomic E-state index is 6.00. The van der Waals surface area contributed by atoms with Gasteiger partial charge in [-0.1, -0.05) is 30.9 Å². The van der Waals surface area contributed by atoms with Gasteiger partial charge in [0.05, 0.1) is 11.1 Å². The van der Waals surface area contributed by atoms with E-state index in [1.807, 2.05) is 12.1 Å². The van der Waals surface area contributed by atoms with Gasteiger partial charge < -0.3 is 4.90 Å². The molecule has 1 aromatic carbocycles. The molecule has 3 heterocycles. The van der Waals surface area contributed by atoms with Gasteiger partial charge in [0.25, 0.3) is 0 Å². The van der Waals surface area contributed by atoms with Crippen molar-refractivity contribution >= 4 is 50.7 Å². The molecule has 2 aromatic heterocycles. The minimum Gasteiger partial charge on any atom is -0.356 e. The van der Waals surface area contributed by atoms with Gasteiger partial charge in [-0.15, -0.1) is 23.1 Å². The Bertz CT molecular complexity index is 945. The Labute approximate surface area is 180 Å². The molecule has 0 spiro atoms. The van der Waals surface area contributed by atoms with Crippen molar-refractivity contribution in [3.63, 3.8) is 0 Å². The first-order chi connectivity index (χ1) is 13.6. The molecule has 28 heavy (non-hydrogen) atoms. The molecule has 0 aliphatic carbocycles. The number of nitrogens with zero attached hydrogens (tertiary/aromatic N) is 3. The zero-order valence-electron chi connectivity index (χ0n) is 16.5. The molecule has 0 atom stereocenters. The summed E-state index contributed by atoms with van der Waals surface area (Å²) >= 11 is 9.57. The van der Waals surface area contributed by atoms with Crippen LogP contribution in [0.5, 0.6) is 0 Å². The summed E-state index contributed by atoms with van der Waals surface area (Å²) in [4.78, 5) is 16.2. The average Bonchev–Trinajstić information content (AvgIpc) is 2.95. The van der Waals surface area contributed by atoms with E-state index in [9.17, 15) is 0 Å². The monoisotopic (exact) mass is 431 g/mol. The lowest BCUT2D eigenvalue weighted by Crippen LogP contribution is -2.28. The number of benzene rings is 1. The van der Waals surface area contributed by atoms with Gasteiger partial charge in [-0.2, -0.15) is 0 Å². The molecule has 3 nitrogen and oxygen atoms in total. The Hall–Kier alpha value is -1.30. The zero-order chi connectivity index (χ0) is 19.5. The van der Waals surface area contributed by atoms with Crippen LogP contribution < -0.4 is 4.90 Å². The second-order valence-electron chi connectivity index (χ2n) is 7.42. The SMILES string of the molecule is Cc1sc2nc(CSc3ccc(Cl)cc3)nc(N3CCCCCCC3)c2c1C. The van der Waals surface area contributed by atoms with Crippen molar-refractivity contribution in [1.29, 1.82) is 0 Å². The van der Waals surface area contributed by atoms with E-state index in [1.54, 1.807) is 23.1 Å². The number of thiophene rings is 1. The molecule has 1 saturated heterocycles. The maximum Gasteiger partial charge on any atom is 0.142 e. The van der Waals surface area contributed by atoms with Crippen LogP contribution in [-0.2, 0) is 5.75 Å². The van der Waals surface area contributed by atoms with Crippen molar-refractivity contribution in [2.75, 3.05) is 18.0 Å². The lowest BCUT2D eigenvalue weighted by atomic mass is 10.1. The highest BCUT2D eigenvalue weighted by Gasteiger charge is 2.20. The number of halogens is 1. The van der Waals surface area contributed by atoms with Gasteiger partial charge in [0.2, 0.25) is 0 Å². The van der Waals surface area contributed by atoms with E-state index in [4.69, 9.17) is 21.6 Å². The number of thioether (sulfide) groups is 1. The molecule has 0 bridgehead atoms. The van der Waals surface area contributed by atoms with Crippen LogP contribution >= 0.6 is 34.7 Å². The zero-order valence-corrected chi connectivity index (χ0v) is 18.9. The largest absolute Gasteiger partial charge is 0.356 e. The highest BCUT2D eigenvalue weighted by molar-refractivity contribution is 7.98. The molecule has 0 amide bonds. The molecular weight excluding hydrogens is 406 g/mol. The second-order valence-corrected chi connectivity index (χ2v) is 10.1. The van der Waals surface area contributed by atoms with Crippen LogP contribution in [0, 0.1) is 13.8 Å². The van der Waals surface area contributed by atoms with Crippen LogP contribution in [0.3, 0.4) is 0 Å². The maximum absolute atomic E-state index is 6.00. The Morgan fingerprint density at radius 3 is 2.39 bits per heavy atom. The minimum atomic E-state index is 0.769. The third-order valence-corrected chi connectivity index (χ3v) is 7.75. The molecule has 4 rings (SSSR count). The fourth-order valence-corrected chi connectivity index (χ4v) is 5.62. The summed E-state index contributed by atoms with van der Waals surface area (Å²) in [5.74, 6) is 2.85. The first kappa shape index (κ1) is 20.0. The lowest BCUT2D eigenvalue weighted by Gasteiger charge is -2.27. The Morgan fingerprint density at radius 2 is 1.68 bits per heavy atom. The fraction of sp³-hybridized carbons (Fsp3) is 0.455.